The average molecular weight is 250 g/mol. The second-order valence-electron chi connectivity index (χ2n) is 5.02. The molecule has 1 N–H and O–H groups in total. The highest BCUT2D eigenvalue weighted by atomic mass is 16.5. The lowest BCUT2D eigenvalue weighted by Gasteiger charge is -2.14. The number of hydrogen-bond acceptors (Lipinski definition) is 2. The normalized spacial score (nSPS) is 12.4. The van der Waals surface area contributed by atoms with Gasteiger partial charge < -0.3 is 9.84 Å². The summed E-state index contributed by atoms with van der Waals surface area (Å²) >= 11 is 0. The van der Waals surface area contributed by atoms with Crippen molar-refractivity contribution in [1.82, 2.24) is 0 Å². The first-order valence-electron chi connectivity index (χ1n) is 6.99. The van der Waals surface area contributed by atoms with Gasteiger partial charge in [-0.05, 0) is 25.0 Å². The molecule has 0 aliphatic heterocycles. The molecule has 0 fully saturated rings. The molecule has 1 unspecified atom stereocenters. The number of hydrogen-bond donors (Lipinski definition) is 1. The van der Waals surface area contributed by atoms with Gasteiger partial charge in [0.1, 0.15) is 5.75 Å². The van der Waals surface area contributed by atoms with Gasteiger partial charge in [-0.1, -0.05) is 50.3 Å². The summed E-state index contributed by atoms with van der Waals surface area (Å²) in [7, 11) is 1.68. The van der Waals surface area contributed by atoms with Crippen LogP contribution in [0, 0.1) is 6.92 Å². The van der Waals surface area contributed by atoms with Crippen LogP contribution in [0.3, 0.4) is 0 Å². The fourth-order valence-corrected chi connectivity index (χ4v) is 2.23. The maximum Gasteiger partial charge on any atom is 0.122 e. The Balaban J connectivity index is 2.47. The smallest absolute Gasteiger partial charge is 0.122 e. The molecule has 1 rings (SSSR count). The largest absolute Gasteiger partial charge is 0.496 e. The van der Waals surface area contributed by atoms with Crippen LogP contribution in [0.1, 0.15) is 50.2 Å². The van der Waals surface area contributed by atoms with E-state index in [1.165, 1.54) is 24.8 Å². The molecule has 2 heteroatoms. The van der Waals surface area contributed by atoms with Crippen LogP contribution in [0.15, 0.2) is 18.2 Å². The Labute approximate surface area is 111 Å². The Morgan fingerprint density at radius 1 is 1.22 bits per heavy atom. The minimum absolute atomic E-state index is 0.252. The van der Waals surface area contributed by atoms with E-state index in [2.05, 4.69) is 19.9 Å². The Bertz CT molecular complexity index is 347. The second kappa shape index (κ2) is 8.15. The summed E-state index contributed by atoms with van der Waals surface area (Å²) in [5.74, 6) is 0.883. The first-order valence-corrected chi connectivity index (χ1v) is 6.99. The van der Waals surface area contributed by atoms with Gasteiger partial charge in [0.2, 0.25) is 0 Å². The predicted molar refractivity (Wildman–Crippen MR) is 76.2 cm³/mol. The number of methoxy groups -OCH3 is 1. The van der Waals surface area contributed by atoms with E-state index in [-0.39, 0.29) is 6.10 Å². The van der Waals surface area contributed by atoms with Crippen molar-refractivity contribution in [2.75, 3.05) is 7.11 Å². The number of aliphatic hydroxyl groups is 1. The number of rotatable bonds is 8. The second-order valence-corrected chi connectivity index (χ2v) is 5.02. The zero-order valence-electron chi connectivity index (χ0n) is 11.9. The van der Waals surface area contributed by atoms with Gasteiger partial charge in [0.15, 0.2) is 0 Å². The highest BCUT2D eigenvalue weighted by Crippen LogP contribution is 2.22. The molecule has 0 amide bonds. The summed E-state index contributed by atoms with van der Waals surface area (Å²) in [6.45, 7) is 4.27. The van der Waals surface area contributed by atoms with E-state index in [0.717, 1.165) is 24.2 Å². The van der Waals surface area contributed by atoms with Crippen LogP contribution >= 0.6 is 0 Å². The van der Waals surface area contributed by atoms with Gasteiger partial charge in [-0.2, -0.15) is 0 Å². The number of aryl methyl sites for hydroxylation is 1. The van der Waals surface area contributed by atoms with Crippen LogP contribution in [0.2, 0.25) is 0 Å². The van der Waals surface area contributed by atoms with Crippen molar-refractivity contribution in [2.45, 2.75) is 58.5 Å². The summed E-state index contributed by atoms with van der Waals surface area (Å²) in [5, 5.41) is 10.1. The van der Waals surface area contributed by atoms with Crippen LogP contribution in [0.5, 0.6) is 5.75 Å². The van der Waals surface area contributed by atoms with Gasteiger partial charge in [-0.25, -0.2) is 0 Å². The number of aliphatic hydroxyl groups excluding tert-OH is 1. The Kier molecular flexibility index (Phi) is 6.81. The molecule has 0 heterocycles. The molecule has 18 heavy (non-hydrogen) atoms. The fourth-order valence-electron chi connectivity index (χ4n) is 2.23. The Hall–Kier alpha value is -1.02. The molecule has 1 aromatic carbocycles. The van der Waals surface area contributed by atoms with Crippen LogP contribution < -0.4 is 4.74 Å². The minimum Gasteiger partial charge on any atom is -0.496 e. The summed E-state index contributed by atoms with van der Waals surface area (Å²) in [5.41, 5.74) is 2.32. The lowest BCUT2D eigenvalue weighted by atomic mass is 10.0. The lowest BCUT2D eigenvalue weighted by Crippen LogP contribution is -2.11. The molecular formula is C16H26O2. The van der Waals surface area contributed by atoms with Crippen molar-refractivity contribution >= 4 is 0 Å². The molecule has 0 aromatic heterocycles. The van der Waals surface area contributed by atoms with Gasteiger partial charge in [-0.15, -0.1) is 0 Å². The number of benzene rings is 1. The summed E-state index contributed by atoms with van der Waals surface area (Å²) in [6, 6.07) is 6.12. The summed E-state index contributed by atoms with van der Waals surface area (Å²) in [4.78, 5) is 0. The molecule has 0 radical (unpaired) electrons. The highest BCUT2D eigenvalue weighted by molar-refractivity contribution is 5.37. The molecule has 0 saturated carbocycles. The van der Waals surface area contributed by atoms with Gasteiger partial charge in [0.05, 0.1) is 13.2 Å². The average Bonchev–Trinajstić information content (AvgIpc) is 2.35. The summed E-state index contributed by atoms with van der Waals surface area (Å²) < 4.78 is 5.33. The maximum atomic E-state index is 10.1. The van der Waals surface area contributed by atoms with Gasteiger partial charge in [-0.3, -0.25) is 0 Å². The summed E-state index contributed by atoms with van der Waals surface area (Å²) in [6.07, 6.45) is 6.16. The predicted octanol–water partition coefficient (Wildman–Crippen LogP) is 3.88. The molecule has 0 aliphatic carbocycles. The zero-order valence-corrected chi connectivity index (χ0v) is 11.9. The van der Waals surface area contributed by atoms with E-state index in [0.29, 0.717) is 6.42 Å². The van der Waals surface area contributed by atoms with E-state index >= 15 is 0 Å². The molecule has 1 atom stereocenters. The van der Waals surface area contributed by atoms with Crippen LogP contribution in [0.4, 0.5) is 0 Å². The van der Waals surface area contributed by atoms with Crippen molar-refractivity contribution < 1.29 is 9.84 Å². The lowest BCUT2D eigenvalue weighted by molar-refractivity contribution is 0.160. The molecular weight excluding hydrogens is 224 g/mol. The first kappa shape index (κ1) is 15.0. The third kappa shape index (κ3) is 5.09. The molecule has 102 valence electrons. The van der Waals surface area contributed by atoms with E-state index < -0.39 is 0 Å². The van der Waals surface area contributed by atoms with Crippen molar-refractivity contribution in [1.29, 1.82) is 0 Å². The fraction of sp³-hybridized carbons (Fsp3) is 0.625. The highest BCUT2D eigenvalue weighted by Gasteiger charge is 2.10. The minimum atomic E-state index is -0.252. The Morgan fingerprint density at radius 3 is 2.67 bits per heavy atom. The van der Waals surface area contributed by atoms with E-state index in [4.69, 9.17) is 4.74 Å². The third-order valence-corrected chi connectivity index (χ3v) is 3.28. The first-order chi connectivity index (χ1) is 8.67. The van der Waals surface area contributed by atoms with E-state index in [1.807, 2.05) is 12.1 Å². The molecule has 0 spiro atoms. The van der Waals surface area contributed by atoms with Gasteiger partial charge in [0.25, 0.3) is 0 Å². The van der Waals surface area contributed by atoms with Crippen LogP contribution in [-0.4, -0.2) is 18.3 Å². The van der Waals surface area contributed by atoms with Gasteiger partial charge >= 0.3 is 0 Å². The van der Waals surface area contributed by atoms with Gasteiger partial charge in [0, 0.05) is 6.42 Å². The molecule has 0 bridgehead atoms. The Morgan fingerprint density at radius 2 is 2.00 bits per heavy atom. The quantitative estimate of drug-likeness (QED) is 0.710. The van der Waals surface area contributed by atoms with Crippen molar-refractivity contribution in [2.24, 2.45) is 0 Å². The molecule has 1 aromatic rings. The van der Waals surface area contributed by atoms with Crippen LogP contribution in [-0.2, 0) is 6.42 Å². The molecule has 2 nitrogen and oxygen atoms in total. The topological polar surface area (TPSA) is 29.5 Å². The van der Waals surface area contributed by atoms with E-state index in [9.17, 15) is 5.11 Å². The number of unbranched alkanes of at least 4 members (excludes halogenated alkanes) is 3. The third-order valence-electron chi connectivity index (χ3n) is 3.28. The monoisotopic (exact) mass is 250 g/mol. The standard InChI is InChI=1S/C16H26O2/c1-4-5-6-7-8-15(17)12-14-11-13(2)9-10-16(14)18-3/h9-11,15,17H,4-8,12H2,1-3H3. The SMILES string of the molecule is CCCCCCC(O)Cc1cc(C)ccc1OC. The maximum absolute atomic E-state index is 10.1. The van der Waals surface area contributed by atoms with Crippen LogP contribution in [0.25, 0.3) is 0 Å². The zero-order chi connectivity index (χ0) is 13.4. The molecule has 0 saturated heterocycles. The number of ether oxygens (including phenoxy) is 1. The van der Waals surface area contributed by atoms with E-state index in [1.54, 1.807) is 7.11 Å². The van der Waals surface area contributed by atoms with Crippen molar-refractivity contribution in [3.63, 3.8) is 0 Å². The molecule has 0 aliphatic rings. The van der Waals surface area contributed by atoms with Crippen molar-refractivity contribution in [3.8, 4) is 5.75 Å². The van der Waals surface area contributed by atoms with Crippen molar-refractivity contribution in [3.05, 3.63) is 29.3 Å².